The molecule has 1 N–H and O–H groups in total. The number of aliphatic hydroxyl groups is 1. The molecule has 168 valence electrons. The maximum Gasteiger partial charge on any atom is 0.184 e. The second-order valence-corrected chi connectivity index (χ2v) is 8.28. The lowest BCUT2D eigenvalue weighted by molar-refractivity contribution is -0.181. The fraction of sp³-hybridized carbons (Fsp3) is 0.333. The molecular weight excluding hydrogens is 404 g/mol. The fourth-order valence-electron chi connectivity index (χ4n) is 3.94. The van der Waals surface area contributed by atoms with Crippen LogP contribution in [0.15, 0.2) is 91.0 Å². The van der Waals surface area contributed by atoms with Gasteiger partial charge in [0.25, 0.3) is 0 Å². The molecule has 0 spiro atoms. The van der Waals surface area contributed by atoms with Crippen LogP contribution in [0.3, 0.4) is 0 Å². The molecule has 0 unspecified atom stereocenters. The van der Waals surface area contributed by atoms with E-state index in [-0.39, 0.29) is 6.61 Å². The Balaban J connectivity index is 1.45. The van der Waals surface area contributed by atoms with E-state index < -0.39 is 24.1 Å². The highest BCUT2D eigenvalue weighted by Gasteiger charge is 2.54. The van der Waals surface area contributed by atoms with E-state index in [0.717, 1.165) is 16.7 Å². The molecule has 1 heterocycles. The molecule has 5 heteroatoms. The molecule has 1 fully saturated rings. The second kappa shape index (κ2) is 10.9. The largest absolute Gasteiger partial charge is 0.374 e. The van der Waals surface area contributed by atoms with Crippen LogP contribution in [-0.4, -0.2) is 35.8 Å². The van der Waals surface area contributed by atoms with Crippen molar-refractivity contribution in [2.24, 2.45) is 0 Å². The SMILES string of the molecule is C[C@]1(COCc2ccccc2)O[C@@H](O)[C@@H](OCc2ccccc2)[C@H]1OCc1ccccc1. The van der Waals surface area contributed by atoms with Gasteiger partial charge < -0.3 is 24.1 Å². The first-order chi connectivity index (χ1) is 15.6. The molecule has 1 aliphatic rings. The van der Waals surface area contributed by atoms with Gasteiger partial charge in [0.1, 0.15) is 17.8 Å². The van der Waals surface area contributed by atoms with E-state index in [1.807, 2.05) is 97.9 Å². The van der Waals surface area contributed by atoms with Gasteiger partial charge in [-0.2, -0.15) is 0 Å². The zero-order valence-electron chi connectivity index (χ0n) is 18.3. The number of rotatable bonds is 10. The molecule has 0 amide bonds. The van der Waals surface area contributed by atoms with Crippen molar-refractivity contribution in [3.05, 3.63) is 108 Å². The third kappa shape index (κ3) is 5.82. The van der Waals surface area contributed by atoms with Crippen LogP contribution in [0.1, 0.15) is 23.6 Å². The van der Waals surface area contributed by atoms with Gasteiger partial charge in [0.2, 0.25) is 0 Å². The Morgan fingerprint density at radius 3 is 1.72 bits per heavy atom. The molecule has 0 aliphatic carbocycles. The lowest BCUT2D eigenvalue weighted by atomic mass is 9.98. The Kier molecular flexibility index (Phi) is 7.68. The molecule has 1 saturated heterocycles. The van der Waals surface area contributed by atoms with Crippen LogP contribution in [0.25, 0.3) is 0 Å². The maximum atomic E-state index is 10.7. The predicted molar refractivity (Wildman–Crippen MR) is 122 cm³/mol. The van der Waals surface area contributed by atoms with E-state index in [1.54, 1.807) is 0 Å². The monoisotopic (exact) mass is 434 g/mol. The molecule has 4 atom stereocenters. The molecule has 0 saturated carbocycles. The molecule has 32 heavy (non-hydrogen) atoms. The Morgan fingerprint density at radius 1 is 0.719 bits per heavy atom. The normalized spacial score (nSPS) is 25.1. The summed E-state index contributed by atoms with van der Waals surface area (Å²) in [6.45, 7) is 3.38. The predicted octanol–water partition coefficient (Wildman–Crippen LogP) is 4.48. The first kappa shape index (κ1) is 22.6. The quantitative estimate of drug-likeness (QED) is 0.510. The summed E-state index contributed by atoms with van der Waals surface area (Å²) in [7, 11) is 0. The average Bonchev–Trinajstić information content (AvgIpc) is 3.07. The highest BCUT2D eigenvalue weighted by molar-refractivity contribution is 5.15. The van der Waals surface area contributed by atoms with Crippen LogP contribution in [-0.2, 0) is 38.8 Å². The van der Waals surface area contributed by atoms with Gasteiger partial charge in [-0.15, -0.1) is 0 Å². The third-order valence-electron chi connectivity index (χ3n) is 5.63. The van der Waals surface area contributed by atoms with Gasteiger partial charge in [-0.05, 0) is 23.6 Å². The Labute approximate surface area is 189 Å². The molecule has 3 aromatic carbocycles. The standard InChI is InChI=1S/C27H30O5/c1-27(20-29-17-21-11-5-2-6-12-21)25(31-19-23-15-9-4-10-16-23)24(26(28)32-27)30-18-22-13-7-3-8-14-22/h2-16,24-26,28H,17-20H2,1H3/t24-,25+,26+,27+/m0/s1. The zero-order chi connectivity index (χ0) is 22.2. The zero-order valence-corrected chi connectivity index (χ0v) is 18.3. The van der Waals surface area contributed by atoms with Gasteiger partial charge in [-0.3, -0.25) is 0 Å². The van der Waals surface area contributed by atoms with Crippen molar-refractivity contribution in [1.29, 1.82) is 0 Å². The molecule has 1 aliphatic heterocycles. The summed E-state index contributed by atoms with van der Waals surface area (Å²) in [5, 5.41) is 10.7. The first-order valence-electron chi connectivity index (χ1n) is 10.9. The summed E-state index contributed by atoms with van der Waals surface area (Å²) in [6, 6.07) is 29.8. The summed E-state index contributed by atoms with van der Waals surface area (Å²) < 4.78 is 24.3. The first-order valence-corrected chi connectivity index (χ1v) is 10.9. The summed E-state index contributed by atoms with van der Waals surface area (Å²) >= 11 is 0. The van der Waals surface area contributed by atoms with Crippen LogP contribution in [0.2, 0.25) is 0 Å². The van der Waals surface area contributed by atoms with Crippen molar-refractivity contribution in [2.75, 3.05) is 6.61 Å². The number of hydrogen-bond donors (Lipinski definition) is 1. The highest BCUT2D eigenvalue weighted by Crippen LogP contribution is 2.36. The average molecular weight is 435 g/mol. The maximum absolute atomic E-state index is 10.7. The molecule has 0 radical (unpaired) electrons. The molecular formula is C27H30O5. The van der Waals surface area contributed by atoms with E-state index in [1.165, 1.54) is 0 Å². The summed E-state index contributed by atoms with van der Waals surface area (Å²) in [6.07, 6.45) is -2.24. The van der Waals surface area contributed by atoms with Crippen LogP contribution in [0.5, 0.6) is 0 Å². The minimum Gasteiger partial charge on any atom is -0.374 e. The van der Waals surface area contributed by atoms with Crippen LogP contribution in [0.4, 0.5) is 0 Å². The van der Waals surface area contributed by atoms with Crippen molar-refractivity contribution in [1.82, 2.24) is 0 Å². The topological polar surface area (TPSA) is 57.2 Å². The van der Waals surface area contributed by atoms with Gasteiger partial charge in [-0.25, -0.2) is 0 Å². The van der Waals surface area contributed by atoms with E-state index in [4.69, 9.17) is 18.9 Å². The third-order valence-corrected chi connectivity index (χ3v) is 5.63. The Bertz CT molecular complexity index is 934. The van der Waals surface area contributed by atoms with E-state index in [9.17, 15) is 5.11 Å². The summed E-state index contributed by atoms with van der Waals surface area (Å²) in [5.74, 6) is 0. The van der Waals surface area contributed by atoms with Crippen molar-refractivity contribution in [3.8, 4) is 0 Å². The van der Waals surface area contributed by atoms with Gasteiger partial charge in [0.05, 0.1) is 26.4 Å². The number of ether oxygens (including phenoxy) is 4. The molecule has 5 nitrogen and oxygen atoms in total. The summed E-state index contributed by atoms with van der Waals surface area (Å²) in [5.41, 5.74) is 2.29. The van der Waals surface area contributed by atoms with Gasteiger partial charge in [0, 0.05) is 0 Å². The lowest BCUT2D eigenvalue weighted by Gasteiger charge is -2.31. The van der Waals surface area contributed by atoms with Crippen molar-refractivity contribution in [3.63, 3.8) is 0 Å². The number of benzene rings is 3. The number of aliphatic hydroxyl groups excluding tert-OH is 1. The fourth-order valence-corrected chi connectivity index (χ4v) is 3.94. The van der Waals surface area contributed by atoms with Crippen LogP contribution < -0.4 is 0 Å². The highest BCUT2D eigenvalue weighted by atomic mass is 16.7. The summed E-state index contributed by atoms with van der Waals surface area (Å²) in [4.78, 5) is 0. The molecule has 4 rings (SSSR count). The minimum absolute atomic E-state index is 0.267. The van der Waals surface area contributed by atoms with Crippen molar-refractivity contribution in [2.45, 2.75) is 50.8 Å². The van der Waals surface area contributed by atoms with Gasteiger partial charge in [0.15, 0.2) is 6.29 Å². The van der Waals surface area contributed by atoms with Gasteiger partial charge in [-0.1, -0.05) is 91.0 Å². The van der Waals surface area contributed by atoms with E-state index in [2.05, 4.69) is 0 Å². The smallest absolute Gasteiger partial charge is 0.184 e. The molecule has 0 aromatic heterocycles. The lowest BCUT2D eigenvalue weighted by Crippen LogP contribution is -2.47. The second-order valence-electron chi connectivity index (χ2n) is 8.28. The van der Waals surface area contributed by atoms with Crippen molar-refractivity contribution < 1.29 is 24.1 Å². The van der Waals surface area contributed by atoms with Crippen molar-refractivity contribution >= 4 is 0 Å². The van der Waals surface area contributed by atoms with Gasteiger partial charge >= 0.3 is 0 Å². The van der Waals surface area contributed by atoms with Crippen LogP contribution >= 0.6 is 0 Å². The van der Waals surface area contributed by atoms with Crippen LogP contribution in [0, 0.1) is 0 Å². The Hall–Kier alpha value is -2.54. The number of hydrogen-bond acceptors (Lipinski definition) is 5. The molecule has 3 aromatic rings. The Morgan fingerprint density at radius 2 is 1.19 bits per heavy atom. The molecule has 0 bridgehead atoms. The van der Waals surface area contributed by atoms with E-state index in [0.29, 0.717) is 19.8 Å². The van der Waals surface area contributed by atoms with E-state index >= 15 is 0 Å². The minimum atomic E-state index is -1.11.